The zero-order chi connectivity index (χ0) is 18.6. The maximum atomic E-state index is 5.05. The van der Waals surface area contributed by atoms with Crippen LogP contribution in [-0.2, 0) is 5.41 Å². The Balaban J connectivity index is 1.68. The maximum absolute atomic E-state index is 5.05. The van der Waals surface area contributed by atoms with Gasteiger partial charge in [-0.25, -0.2) is 4.68 Å². The average Bonchev–Trinajstić information content (AvgIpc) is 3.26. The Morgan fingerprint density at radius 3 is 2.63 bits per heavy atom. The van der Waals surface area contributed by atoms with Gasteiger partial charge in [0, 0.05) is 44.8 Å². The second-order valence-electron chi connectivity index (χ2n) is 7.27. The molecule has 0 saturated carbocycles. The molecule has 3 heterocycles. The molecule has 2 aromatic carbocycles. The molecule has 4 nitrogen and oxygen atoms in total. The molecular formula is C22H17BrN4. The lowest BCUT2D eigenvalue weighted by Gasteiger charge is -2.22. The largest absolute Gasteiger partial charge is 0.264 e. The molecule has 4 aromatic rings. The third-order valence-electron chi connectivity index (χ3n) is 5.23. The van der Waals surface area contributed by atoms with Crippen LogP contribution in [0, 0.1) is 0 Å². The van der Waals surface area contributed by atoms with E-state index in [0.717, 1.165) is 37.9 Å². The van der Waals surface area contributed by atoms with Crippen molar-refractivity contribution >= 4 is 38.1 Å². The molecular weight excluding hydrogens is 400 g/mol. The van der Waals surface area contributed by atoms with Crippen LogP contribution in [0.1, 0.15) is 25.0 Å². The predicted octanol–water partition coefficient (Wildman–Crippen LogP) is 5.60. The Bertz CT molecular complexity index is 1210. The van der Waals surface area contributed by atoms with Crippen LogP contribution in [-0.4, -0.2) is 20.5 Å². The topological polar surface area (TPSA) is 43.1 Å². The summed E-state index contributed by atoms with van der Waals surface area (Å²) < 4.78 is 2.97. The summed E-state index contributed by atoms with van der Waals surface area (Å²) in [6, 6.07) is 14.3. The minimum atomic E-state index is -0.216. The highest BCUT2D eigenvalue weighted by Gasteiger charge is 2.37. The predicted molar refractivity (Wildman–Crippen MR) is 112 cm³/mol. The summed E-state index contributed by atoms with van der Waals surface area (Å²) in [6.45, 7) is 4.43. The lowest BCUT2D eigenvalue weighted by molar-refractivity contribution is 0.737. The monoisotopic (exact) mass is 416 g/mol. The molecule has 2 aromatic heterocycles. The van der Waals surface area contributed by atoms with Crippen molar-refractivity contribution in [2.75, 3.05) is 0 Å². The minimum Gasteiger partial charge on any atom is -0.264 e. The molecule has 5 heteroatoms. The van der Waals surface area contributed by atoms with Crippen molar-refractivity contribution in [2.24, 2.45) is 4.99 Å². The minimum absolute atomic E-state index is 0.216. The summed E-state index contributed by atoms with van der Waals surface area (Å²) in [7, 11) is 0. The molecule has 0 saturated heterocycles. The van der Waals surface area contributed by atoms with Gasteiger partial charge in [-0.2, -0.15) is 5.10 Å². The SMILES string of the molecule is CC1(C)C(c2cnn(-c3ccccc3)c2)=Nc2c1cc(Br)c1ccncc21. The molecule has 0 bridgehead atoms. The van der Waals surface area contributed by atoms with Gasteiger partial charge in [-0.05, 0) is 29.8 Å². The van der Waals surface area contributed by atoms with Crippen LogP contribution in [0.15, 0.2) is 76.7 Å². The van der Waals surface area contributed by atoms with Crippen LogP contribution in [0.2, 0.25) is 0 Å². The van der Waals surface area contributed by atoms with Gasteiger partial charge < -0.3 is 0 Å². The van der Waals surface area contributed by atoms with Gasteiger partial charge in [0.05, 0.1) is 23.3 Å². The van der Waals surface area contributed by atoms with E-state index in [4.69, 9.17) is 4.99 Å². The smallest absolute Gasteiger partial charge is 0.0769 e. The Hall–Kier alpha value is -2.79. The van der Waals surface area contributed by atoms with E-state index in [1.807, 2.05) is 59.7 Å². The third-order valence-corrected chi connectivity index (χ3v) is 5.88. The molecule has 0 fully saturated rings. The normalized spacial score (nSPS) is 15.0. The standard InChI is InChI=1S/C22H17BrN4/c1-22(2)18-10-19(23)16-8-9-24-12-17(16)20(18)26-21(22)14-11-25-27(13-14)15-6-4-3-5-7-15/h3-13H,1-2H3. The van der Waals surface area contributed by atoms with E-state index in [-0.39, 0.29) is 5.41 Å². The first-order chi connectivity index (χ1) is 13.1. The van der Waals surface area contributed by atoms with Gasteiger partial charge in [-0.3, -0.25) is 9.98 Å². The molecule has 1 aliphatic rings. The van der Waals surface area contributed by atoms with E-state index in [1.54, 1.807) is 0 Å². The number of hydrogen-bond donors (Lipinski definition) is 0. The Labute approximate surface area is 165 Å². The first-order valence-electron chi connectivity index (χ1n) is 8.82. The van der Waals surface area contributed by atoms with Crippen LogP contribution in [0.25, 0.3) is 16.5 Å². The molecule has 0 radical (unpaired) electrons. The van der Waals surface area contributed by atoms with Crippen LogP contribution in [0.5, 0.6) is 0 Å². The van der Waals surface area contributed by atoms with Gasteiger partial charge in [0.15, 0.2) is 0 Å². The number of hydrogen-bond acceptors (Lipinski definition) is 3. The third kappa shape index (κ3) is 2.46. The fraction of sp³-hybridized carbons (Fsp3) is 0.136. The number of nitrogens with zero attached hydrogens (tertiary/aromatic N) is 4. The molecule has 0 spiro atoms. The number of pyridine rings is 1. The summed E-state index contributed by atoms with van der Waals surface area (Å²) >= 11 is 3.72. The second-order valence-corrected chi connectivity index (χ2v) is 8.12. The van der Waals surface area contributed by atoms with Gasteiger partial charge in [-0.15, -0.1) is 0 Å². The van der Waals surface area contributed by atoms with Crippen molar-refractivity contribution in [3.8, 4) is 5.69 Å². The van der Waals surface area contributed by atoms with Crippen LogP contribution in [0.4, 0.5) is 5.69 Å². The molecule has 1 aliphatic heterocycles. The van der Waals surface area contributed by atoms with Gasteiger partial charge >= 0.3 is 0 Å². The molecule has 27 heavy (non-hydrogen) atoms. The Morgan fingerprint density at radius 1 is 1.00 bits per heavy atom. The molecule has 0 N–H and O–H groups in total. The van der Waals surface area contributed by atoms with Crippen molar-refractivity contribution in [3.05, 3.63) is 82.9 Å². The number of aliphatic imine (C=N–C) groups is 1. The highest BCUT2D eigenvalue weighted by Crippen LogP contribution is 2.47. The summed E-state index contributed by atoms with van der Waals surface area (Å²) in [5.41, 5.74) is 5.10. The highest BCUT2D eigenvalue weighted by atomic mass is 79.9. The number of fused-ring (bicyclic) bond motifs is 3. The fourth-order valence-corrected chi connectivity index (χ4v) is 4.35. The van der Waals surface area contributed by atoms with Crippen molar-refractivity contribution in [2.45, 2.75) is 19.3 Å². The lowest BCUT2D eigenvalue weighted by atomic mass is 9.79. The van der Waals surface area contributed by atoms with Gasteiger partial charge in [0.25, 0.3) is 0 Å². The van der Waals surface area contributed by atoms with E-state index in [0.29, 0.717) is 0 Å². The van der Waals surface area contributed by atoms with Gasteiger partial charge in [0.1, 0.15) is 0 Å². The quantitative estimate of drug-likeness (QED) is 0.427. The summed E-state index contributed by atoms with van der Waals surface area (Å²) in [5.74, 6) is 0. The van der Waals surface area contributed by atoms with Crippen molar-refractivity contribution in [1.82, 2.24) is 14.8 Å². The van der Waals surface area contributed by atoms with E-state index < -0.39 is 0 Å². The summed E-state index contributed by atoms with van der Waals surface area (Å²) in [6.07, 6.45) is 7.66. The molecule has 0 unspecified atom stereocenters. The van der Waals surface area contributed by atoms with Crippen molar-refractivity contribution in [3.63, 3.8) is 0 Å². The first-order valence-corrected chi connectivity index (χ1v) is 9.61. The first kappa shape index (κ1) is 16.4. The Kier molecular flexibility index (Phi) is 3.56. The number of para-hydroxylation sites is 1. The highest BCUT2D eigenvalue weighted by molar-refractivity contribution is 9.10. The van der Waals surface area contributed by atoms with E-state index in [1.165, 1.54) is 5.56 Å². The number of halogens is 1. The van der Waals surface area contributed by atoms with E-state index in [2.05, 4.69) is 52.1 Å². The van der Waals surface area contributed by atoms with Crippen LogP contribution < -0.4 is 0 Å². The number of aromatic nitrogens is 3. The molecule has 0 aliphatic carbocycles. The van der Waals surface area contributed by atoms with E-state index in [9.17, 15) is 0 Å². The lowest BCUT2D eigenvalue weighted by Crippen LogP contribution is -2.26. The number of benzene rings is 2. The molecule has 5 rings (SSSR count). The van der Waals surface area contributed by atoms with Crippen molar-refractivity contribution in [1.29, 1.82) is 0 Å². The summed E-state index contributed by atoms with van der Waals surface area (Å²) in [4.78, 5) is 9.37. The zero-order valence-electron chi connectivity index (χ0n) is 15.0. The summed E-state index contributed by atoms with van der Waals surface area (Å²) in [5, 5.41) is 6.75. The number of rotatable bonds is 2. The van der Waals surface area contributed by atoms with Crippen molar-refractivity contribution < 1.29 is 0 Å². The fourth-order valence-electron chi connectivity index (χ4n) is 3.78. The molecule has 132 valence electrons. The second kappa shape index (κ2) is 5.86. The maximum Gasteiger partial charge on any atom is 0.0769 e. The van der Waals surface area contributed by atoms with E-state index >= 15 is 0 Å². The zero-order valence-corrected chi connectivity index (χ0v) is 16.6. The molecule has 0 atom stereocenters. The van der Waals surface area contributed by atoms with Crippen LogP contribution in [0.3, 0.4) is 0 Å². The average molecular weight is 417 g/mol. The van der Waals surface area contributed by atoms with Gasteiger partial charge in [0.2, 0.25) is 0 Å². The van der Waals surface area contributed by atoms with Crippen LogP contribution >= 0.6 is 15.9 Å². The molecule has 0 amide bonds. The van der Waals surface area contributed by atoms with Gasteiger partial charge in [-0.1, -0.05) is 48.0 Å². The Morgan fingerprint density at radius 2 is 1.81 bits per heavy atom.